The molecule has 1 aromatic heterocycles. The van der Waals surface area contributed by atoms with Crippen LogP contribution in [0.3, 0.4) is 0 Å². The molecule has 7 heteroatoms. The Kier molecular flexibility index (Phi) is 3.84. The highest BCUT2D eigenvalue weighted by Gasteiger charge is 2.14. The molecule has 112 valence electrons. The number of nitrogens with zero attached hydrogens (tertiary/aromatic N) is 2. The Bertz CT molecular complexity index is 839. The van der Waals surface area contributed by atoms with Gasteiger partial charge in [0.05, 0.1) is 7.11 Å². The van der Waals surface area contributed by atoms with Gasteiger partial charge in [-0.3, -0.25) is 0 Å². The Hall–Kier alpha value is -2.73. The quantitative estimate of drug-likeness (QED) is 0.738. The number of hydrogen-bond acceptors (Lipinski definition) is 5. The van der Waals surface area contributed by atoms with E-state index in [4.69, 9.17) is 25.5 Å². The third-order valence-corrected chi connectivity index (χ3v) is 3.11. The van der Waals surface area contributed by atoms with Crippen LogP contribution in [-0.2, 0) is 0 Å². The van der Waals surface area contributed by atoms with Crippen molar-refractivity contribution in [3.8, 4) is 23.3 Å². The molecule has 0 aliphatic rings. The third-order valence-electron chi connectivity index (χ3n) is 2.86. The molecule has 0 bridgehead atoms. The Balaban J connectivity index is 1.94. The molecular weight excluding hydrogens is 308 g/mol. The number of para-hydroxylation sites is 2. The molecule has 3 rings (SSSR count). The van der Waals surface area contributed by atoms with Crippen molar-refractivity contribution in [1.29, 1.82) is 0 Å². The molecular formula is C15H11ClN2O4. The fourth-order valence-electron chi connectivity index (χ4n) is 1.86. The average molecular weight is 319 g/mol. The zero-order valence-corrected chi connectivity index (χ0v) is 12.3. The van der Waals surface area contributed by atoms with Crippen molar-refractivity contribution >= 4 is 11.6 Å². The van der Waals surface area contributed by atoms with Crippen LogP contribution in [0.1, 0.15) is 0 Å². The molecule has 0 N–H and O–H groups in total. The van der Waals surface area contributed by atoms with Gasteiger partial charge in [0.25, 0.3) is 0 Å². The van der Waals surface area contributed by atoms with Crippen molar-refractivity contribution in [3.05, 3.63) is 64.1 Å². The van der Waals surface area contributed by atoms with Crippen LogP contribution in [0.25, 0.3) is 5.69 Å². The van der Waals surface area contributed by atoms with Crippen molar-refractivity contribution in [2.45, 2.75) is 0 Å². The van der Waals surface area contributed by atoms with Crippen molar-refractivity contribution < 1.29 is 13.9 Å². The molecule has 0 saturated carbocycles. The molecule has 2 aromatic carbocycles. The Labute approximate surface area is 130 Å². The molecule has 0 radical (unpaired) electrons. The second-order valence-electron chi connectivity index (χ2n) is 4.27. The van der Waals surface area contributed by atoms with Crippen molar-refractivity contribution in [2.24, 2.45) is 0 Å². The minimum Gasteiger partial charge on any atom is -0.494 e. The Morgan fingerprint density at radius 2 is 1.86 bits per heavy atom. The van der Waals surface area contributed by atoms with Gasteiger partial charge in [-0.15, -0.1) is 0 Å². The first-order chi connectivity index (χ1) is 10.7. The second kappa shape index (κ2) is 5.95. The summed E-state index contributed by atoms with van der Waals surface area (Å²) in [4.78, 5) is 11.9. The smallest absolute Gasteiger partial charge is 0.444 e. The predicted octanol–water partition coefficient (Wildman–Crippen LogP) is 3.28. The summed E-state index contributed by atoms with van der Waals surface area (Å²) in [5.74, 6) is 0.280. The summed E-state index contributed by atoms with van der Waals surface area (Å²) < 4.78 is 16.7. The van der Waals surface area contributed by atoms with E-state index in [1.54, 1.807) is 48.5 Å². The lowest BCUT2D eigenvalue weighted by atomic mass is 10.3. The number of aromatic nitrogens is 2. The van der Waals surface area contributed by atoms with Crippen molar-refractivity contribution in [2.75, 3.05) is 7.11 Å². The third kappa shape index (κ3) is 2.82. The maximum absolute atomic E-state index is 11.9. The van der Waals surface area contributed by atoms with Crippen LogP contribution in [0, 0.1) is 0 Å². The zero-order chi connectivity index (χ0) is 15.5. The average Bonchev–Trinajstić information content (AvgIpc) is 2.90. The molecule has 0 atom stereocenters. The van der Waals surface area contributed by atoms with Crippen molar-refractivity contribution in [3.63, 3.8) is 0 Å². The fraction of sp³-hybridized carbons (Fsp3) is 0.0667. The summed E-state index contributed by atoms with van der Waals surface area (Å²) in [6, 6.07) is 13.6. The molecule has 22 heavy (non-hydrogen) atoms. The minimum absolute atomic E-state index is 0.168. The maximum atomic E-state index is 11.9. The van der Waals surface area contributed by atoms with E-state index in [1.807, 2.05) is 0 Å². The maximum Gasteiger partial charge on any atom is 0.444 e. The largest absolute Gasteiger partial charge is 0.494 e. The molecule has 0 spiro atoms. The van der Waals surface area contributed by atoms with Crippen LogP contribution < -0.4 is 15.2 Å². The fourth-order valence-corrected chi connectivity index (χ4v) is 1.99. The van der Waals surface area contributed by atoms with Crippen LogP contribution in [0.2, 0.25) is 5.02 Å². The van der Waals surface area contributed by atoms with Crippen LogP contribution >= 0.6 is 11.6 Å². The highest BCUT2D eigenvalue weighted by molar-refractivity contribution is 6.30. The summed E-state index contributed by atoms with van der Waals surface area (Å²) in [5.41, 5.74) is 0.463. The van der Waals surface area contributed by atoms with Gasteiger partial charge in [-0.1, -0.05) is 28.8 Å². The number of hydrogen-bond donors (Lipinski definition) is 0. The van der Waals surface area contributed by atoms with E-state index < -0.39 is 5.76 Å². The molecule has 0 aliphatic carbocycles. The van der Waals surface area contributed by atoms with E-state index in [9.17, 15) is 4.79 Å². The summed E-state index contributed by atoms with van der Waals surface area (Å²) >= 11 is 5.79. The number of ether oxygens (including phenoxy) is 2. The first kappa shape index (κ1) is 14.2. The molecule has 1 heterocycles. The summed E-state index contributed by atoms with van der Waals surface area (Å²) in [5, 5.41) is 4.59. The summed E-state index contributed by atoms with van der Waals surface area (Å²) in [6.07, 6.45) is -0.168. The molecule has 0 aliphatic heterocycles. The minimum atomic E-state index is -0.673. The van der Waals surface area contributed by atoms with Crippen LogP contribution in [0.5, 0.6) is 17.6 Å². The Morgan fingerprint density at radius 3 is 2.59 bits per heavy atom. The first-order valence-corrected chi connectivity index (χ1v) is 6.72. The van der Waals surface area contributed by atoms with E-state index >= 15 is 0 Å². The molecule has 0 fully saturated rings. The summed E-state index contributed by atoms with van der Waals surface area (Å²) in [6.45, 7) is 0. The van der Waals surface area contributed by atoms with Gasteiger partial charge in [-0.2, -0.15) is 4.68 Å². The second-order valence-corrected chi connectivity index (χ2v) is 4.71. The predicted molar refractivity (Wildman–Crippen MR) is 80.2 cm³/mol. The Morgan fingerprint density at radius 1 is 1.14 bits per heavy atom. The molecule has 0 amide bonds. The van der Waals surface area contributed by atoms with Crippen LogP contribution in [0.4, 0.5) is 0 Å². The van der Waals surface area contributed by atoms with Gasteiger partial charge in [0, 0.05) is 5.02 Å². The molecule has 6 nitrogen and oxygen atoms in total. The van der Waals surface area contributed by atoms with E-state index in [0.717, 1.165) is 4.68 Å². The van der Waals surface area contributed by atoms with Gasteiger partial charge in [-0.05, 0) is 36.4 Å². The van der Waals surface area contributed by atoms with Gasteiger partial charge >= 0.3 is 11.8 Å². The normalized spacial score (nSPS) is 10.5. The zero-order valence-electron chi connectivity index (χ0n) is 11.5. The highest BCUT2D eigenvalue weighted by atomic mass is 35.5. The number of benzene rings is 2. The number of halogens is 1. The number of rotatable bonds is 4. The topological polar surface area (TPSA) is 66.5 Å². The standard InChI is InChI=1S/C15H11ClN2O4/c1-20-13-5-3-2-4-12(13)18-15(19)22-14(17-18)21-11-8-6-10(16)7-9-11/h2-9H,1H3. The molecule has 0 saturated heterocycles. The summed E-state index contributed by atoms with van der Waals surface area (Å²) in [7, 11) is 1.51. The van der Waals surface area contributed by atoms with Crippen LogP contribution in [-0.4, -0.2) is 16.9 Å². The van der Waals surface area contributed by atoms with Gasteiger partial charge < -0.3 is 13.9 Å². The van der Waals surface area contributed by atoms with Gasteiger partial charge in [0.15, 0.2) is 0 Å². The highest BCUT2D eigenvalue weighted by Crippen LogP contribution is 2.23. The lowest BCUT2D eigenvalue weighted by Gasteiger charge is -2.05. The van der Waals surface area contributed by atoms with Crippen molar-refractivity contribution in [1.82, 2.24) is 9.78 Å². The lowest BCUT2D eigenvalue weighted by molar-refractivity contribution is 0.320. The van der Waals surface area contributed by atoms with Gasteiger partial charge in [0.1, 0.15) is 17.2 Å². The monoisotopic (exact) mass is 318 g/mol. The van der Waals surface area contributed by atoms with Gasteiger partial charge in [-0.25, -0.2) is 4.79 Å². The first-order valence-electron chi connectivity index (χ1n) is 6.34. The van der Waals surface area contributed by atoms with E-state index in [-0.39, 0.29) is 6.08 Å². The van der Waals surface area contributed by atoms with Crippen LogP contribution in [0.15, 0.2) is 57.7 Å². The van der Waals surface area contributed by atoms with E-state index in [2.05, 4.69) is 5.10 Å². The molecule has 0 unspecified atom stereocenters. The van der Waals surface area contributed by atoms with Gasteiger partial charge in [0.2, 0.25) is 0 Å². The lowest BCUT2D eigenvalue weighted by Crippen LogP contribution is -2.14. The number of methoxy groups -OCH3 is 1. The SMILES string of the molecule is COc1ccccc1-n1nc(Oc2ccc(Cl)cc2)oc1=O. The van der Waals surface area contributed by atoms with E-state index in [1.165, 1.54) is 7.11 Å². The molecule has 3 aromatic rings. The van der Waals surface area contributed by atoms with E-state index in [0.29, 0.717) is 22.2 Å².